The largest absolute Gasteiger partial charge is 0.495 e. The molecule has 0 fully saturated rings. The topological polar surface area (TPSA) is 63.6 Å². The van der Waals surface area contributed by atoms with Gasteiger partial charge >= 0.3 is 0 Å². The third-order valence-electron chi connectivity index (χ3n) is 1.40. The molecule has 1 aromatic rings. The average molecular weight is 267 g/mol. The monoisotopic (exact) mass is 266 g/mol. The van der Waals surface area contributed by atoms with E-state index >= 15 is 0 Å². The van der Waals surface area contributed by atoms with Crippen molar-refractivity contribution in [3.63, 3.8) is 0 Å². The number of hydrogen-bond donors (Lipinski definition) is 1. The van der Waals surface area contributed by atoms with Crippen molar-refractivity contribution in [3.8, 4) is 5.75 Å². The Morgan fingerprint density at radius 1 is 1.46 bits per heavy atom. The summed E-state index contributed by atoms with van der Waals surface area (Å²) in [6.45, 7) is 0. The summed E-state index contributed by atoms with van der Waals surface area (Å²) in [6.07, 6.45) is 0. The molecule has 72 valence electrons. The van der Waals surface area contributed by atoms with Gasteiger partial charge in [0.2, 0.25) is 0 Å². The molecule has 0 aromatic heterocycles. The van der Waals surface area contributed by atoms with Crippen LogP contribution in [0.15, 0.2) is 27.6 Å². The van der Waals surface area contributed by atoms with Crippen LogP contribution in [-0.4, -0.2) is 20.1 Å². The second kappa shape index (κ2) is 3.65. The lowest BCUT2D eigenvalue weighted by Gasteiger charge is -2.05. The summed E-state index contributed by atoms with van der Waals surface area (Å²) in [5.74, 6) is 0.116. The molecule has 0 atom stereocenters. The van der Waals surface area contributed by atoms with Crippen molar-refractivity contribution in [3.05, 3.63) is 22.7 Å². The van der Waals surface area contributed by atoms with Crippen LogP contribution in [-0.2, 0) is 10.1 Å². The van der Waals surface area contributed by atoms with Crippen LogP contribution in [0.1, 0.15) is 0 Å². The quantitative estimate of drug-likeness (QED) is 0.828. The minimum atomic E-state index is -4.22. The summed E-state index contributed by atoms with van der Waals surface area (Å²) in [6, 6.07) is 4.34. The molecule has 13 heavy (non-hydrogen) atoms. The standard InChI is InChI=1S/C7H7BrO4S/c1-12-6-3-2-5(8)4-7(6)13(9,10)11/h2-4H,1H3,(H,9,10,11). The van der Waals surface area contributed by atoms with Gasteiger partial charge in [-0.3, -0.25) is 4.55 Å². The number of rotatable bonds is 2. The van der Waals surface area contributed by atoms with E-state index in [1.807, 2.05) is 0 Å². The molecule has 0 aliphatic rings. The molecule has 0 spiro atoms. The van der Waals surface area contributed by atoms with E-state index in [1.54, 1.807) is 6.07 Å². The van der Waals surface area contributed by atoms with Crippen LogP contribution in [0.4, 0.5) is 0 Å². The highest BCUT2D eigenvalue weighted by molar-refractivity contribution is 9.10. The van der Waals surface area contributed by atoms with Gasteiger partial charge in [-0.25, -0.2) is 0 Å². The number of hydrogen-bond acceptors (Lipinski definition) is 3. The molecule has 0 unspecified atom stereocenters. The van der Waals surface area contributed by atoms with E-state index in [2.05, 4.69) is 15.9 Å². The minimum absolute atomic E-state index is 0.116. The Labute approximate surface area is 84.4 Å². The van der Waals surface area contributed by atoms with E-state index < -0.39 is 10.1 Å². The first-order valence-electron chi connectivity index (χ1n) is 3.26. The van der Waals surface area contributed by atoms with Crippen molar-refractivity contribution < 1.29 is 17.7 Å². The van der Waals surface area contributed by atoms with E-state index in [0.29, 0.717) is 4.47 Å². The second-order valence-corrected chi connectivity index (χ2v) is 4.58. The minimum Gasteiger partial charge on any atom is -0.495 e. The van der Waals surface area contributed by atoms with Crippen LogP contribution in [0.5, 0.6) is 5.75 Å². The van der Waals surface area contributed by atoms with E-state index in [9.17, 15) is 8.42 Å². The van der Waals surface area contributed by atoms with E-state index in [0.717, 1.165) is 0 Å². The molecule has 0 amide bonds. The van der Waals surface area contributed by atoms with E-state index in [1.165, 1.54) is 19.2 Å². The second-order valence-electron chi connectivity index (χ2n) is 2.27. The molecule has 1 rings (SSSR count). The lowest BCUT2D eigenvalue weighted by molar-refractivity contribution is 0.397. The summed E-state index contributed by atoms with van der Waals surface area (Å²) < 4.78 is 35.8. The molecule has 1 N–H and O–H groups in total. The Bertz CT molecular complexity index is 413. The molecule has 0 radical (unpaired) electrons. The van der Waals surface area contributed by atoms with Crippen LogP contribution in [0.25, 0.3) is 0 Å². The van der Waals surface area contributed by atoms with Crippen LogP contribution in [0, 0.1) is 0 Å². The molecule has 1 aromatic carbocycles. The first kappa shape index (κ1) is 10.5. The highest BCUT2D eigenvalue weighted by Crippen LogP contribution is 2.26. The fourth-order valence-electron chi connectivity index (χ4n) is 0.852. The number of benzene rings is 1. The lowest BCUT2D eigenvalue weighted by Crippen LogP contribution is -2.01. The molecular weight excluding hydrogens is 260 g/mol. The third-order valence-corrected chi connectivity index (χ3v) is 2.77. The first-order chi connectivity index (χ1) is 5.95. The Morgan fingerprint density at radius 3 is 2.54 bits per heavy atom. The smallest absolute Gasteiger partial charge is 0.298 e. The molecule has 0 aliphatic carbocycles. The van der Waals surface area contributed by atoms with E-state index in [4.69, 9.17) is 9.29 Å². The average Bonchev–Trinajstić information content (AvgIpc) is 2.03. The molecule has 0 aliphatic heterocycles. The van der Waals surface area contributed by atoms with Crippen molar-refractivity contribution in [1.29, 1.82) is 0 Å². The maximum atomic E-state index is 10.8. The van der Waals surface area contributed by atoms with Gasteiger partial charge in [0.25, 0.3) is 10.1 Å². The normalized spacial score (nSPS) is 11.3. The van der Waals surface area contributed by atoms with Gasteiger partial charge in [-0.05, 0) is 18.2 Å². The Balaban J connectivity index is 3.41. The lowest BCUT2D eigenvalue weighted by atomic mass is 10.3. The Hall–Kier alpha value is -0.590. The number of methoxy groups -OCH3 is 1. The summed E-state index contributed by atoms with van der Waals surface area (Å²) >= 11 is 3.09. The Kier molecular flexibility index (Phi) is 2.94. The molecule has 0 saturated carbocycles. The maximum Gasteiger partial charge on any atom is 0.298 e. The van der Waals surface area contributed by atoms with Gasteiger partial charge in [-0.15, -0.1) is 0 Å². The predicted molar refractivity (Wildman–Crippen MR) is 50.5 cm³/mol. The number of ether oxygens (including phenoxy) is 1. The van der Waals surface area contributed by atoms with Crippen molar-refractivity contribution >= 4 is 26.0 Å². The molecule has 0 saturated heterocycles. The fourth-order valence-corrected chi connectivity index (χ4v) is 2.05. The highest BCUT2D eigenvalue weighted by atomic mass is 79.9. The van der Waals surface area contributed by atoms with Crippen molar-refractivity contribution in [2.75, 3.05) is 7.11 Å². The Morgan fingerprint density at radius 2 is 2.08 bits per heavy atom. The zero-order chi connectivity index (χ0) is 10.1. The third kappa shape index (κ3) is 2.43. The zero-order valence-corrected chi connectivity index (χ0v) is 9.09. The van der Waals surface area contributed by atoms with Gasteiger partial charge in [-0.2, -0.15) is 8.42 Å². The molecular formula is C7H7BrO4S. The molecule has 4 nitrogen and oxygen atoms in total. The van der Waals surface area contributed by atoms with Crippen LogP contribution in [0.3, 0.4) is 0 Å². The van der Waals surface area contributed by atoms with Crippen molar-refractivity contribution in [1.82, 2.24) is 0 Å². The summed E-state index contributed by atoms with van der Waals surface area (Å²) in [4.78, 5) is -0.246. The fraction of sp³-hybridized carbons (Fsp3) is 0.143. The molecule has 0 heterocycles. The van der Waals surface area contributed by atoms with Gasteiger partial charge < -0.3 is 4.74 Å². The zero-order valence-electron chi connectivity index (χ0n) is 6.69. The van der Waals surface area contributed by atoms with Crippen molar-refractivity contribution in [2.24, 2.45) is 0 Å². The molecule has 6 heteroatoms. The number of halogens is 1. The van der Waals surface area contributed by atoms with Crippen LogP contribution in [0.2, 0.25) is 0 Å². The van der Waals surface area contributed by atoms with Gasteiger partial charge in [0.1, 0.15) is 10.6 Å². The summed E-state index contributed by atoms with van der Waals surface area (Å²) in [5.41, 5.74) is 0. The van der Waals surface area contributed by atoms with Crippen LogP contribution < -0.4 is 4.74 Å². The van der Waals surface area contributed by atoms with Crippen LogP contribution >= 0.6 is 15.9 Å². The van der Waals surface area contributed by atoms with Crippen molar-refractivity contribution in [2.45, 2.75) is 4.90 Å². The summed E-state index contributed by atoms with van der Waals surface area (Å²) in [5, 5.41) is 0. The molecule has 0 bridgehead atoms. The van der Waals surface area contributed by atoms with Gasteiger partial charge in [0.05, 0.1) is 7.11 Å². The summed E-state index contributed by atoms with van der Waals surface area (Å²) in [7, 11) is -2.89. The first-order valence-corrected chi connectivity index (χ1v) is 5.49. The van der Waals surface area contributed by atoms with E-state index in [-0.39, 0.29) is 10.6 Å². The van der Waals surface area contributed by atoms with Gasteiger partial charge in [0, 0.05) is 4.47 Å². The highest BCUT2D eigenvalue weighted by Gasteiger charge is 2.16. The van der Waals surface area contributed by atoms with Gasteiger partial charge in [-0.1, -0.05) is 15.9 Å². The SMILES string of the molecule is COc1ccc(Br)cc1S(=O)(=O)O. The predicted octanol–water partition coefficient (Wildman–Crippen LogP) is 1.70. The maximum absolute atomic E-state index is 10.8. The van der Waals surface area contributed by atoms with Gasteiger partial charge in [0.15, 0.2) is 0 Å².